The Morgan fingerprint density at radius 2 is 1.43 bits per heavy atom. The number of ketones is 1. The van der Waals surface area contributed by atoms with Crippen LogP contribution in [0.15, 0.2) is 54.6 Å². The number of Topliss-reactive ketones (excluding diaryl/α,β-unsaturated/α-hetero) is 1. The molecule has 1 unspecified atom stereocenters. The maximum atomic E-state index is 12.5. The molecule has 3 aromatic carbocycles. The third-order valence-electron chi connectivity index (χ3n) is 4.72. The van der Waals surface area contributed by atoms with E-state index in [1.807, 2.05) is 0 Å². The quantitative estimate of drug-likeness (QED) is 0.556. The zero-order chi connectivity index (χ0) is 14.2. The molecule has 0 radical (unpaired) electrons. The molecule has 4 rings (SSSR count). The lowest BCUT2D eigenvalue weighted by molar-refractivity contribution is -0.121. The van der Waals surface area contributed by atoms with Gasteiger partial charge in [-0.2, -0.15) is 0 Å². The fourth-order valence-electron chi connectivity index (χ4n) is 3.71. The number of hydrogen-bond donors (Lipinski definition) is 0. The first kappa shape index (κ1) is 12.6. The Kier molecular flexibility index (Phi) is 2.99. The monoisotopic (exact) mass is 274 g/mol. The van der Waals surface area contributed by atoms with Gasteiger partial charge in [-0.25, -0.2) is 0 Å². The van der Waals surface area contributed by atoms with Crippen LogP contribution in [-0.2, 0) is 4.79 Å². The van der Waals surface area contributed by atoms with Crippen LogP contribution in [0.3, 0.4) is 0 Å². The standard InChI is InChI=1S/C20H18O/c21-19-12-6-5-11-18(19)20-16-9-3-1-7-14(16)13-15-8-2-4-10-17(15)20/h1-4,7-10,13,18H,5-6,11-12H2. The van der Waals surface area contributed by atoms with Gasteiger partial charge in [0.25, 0.3) is 0 Å². The predicted octanol–water partition coefficient (Wildman–Crippen LogP) is 5.22. The van der Waals surface area contributed by atoms with Crippen LogP contribution in [0.25, 0.3) is 21.5 Å². The maximum Gasteiger partial charge on any atom is 0.140 e. The highest BCUT2D eigenvalue weighted by Crippen LogP contribution is 2.39. The van der Waals surface area contributed by atoms with Gasteiger partial charge >= 0.3 is 0 Å². The largest absolute Gasteiger partial charge is 0.299 e. The van der Waals surface area contributed by atoms with Crippen molar-refractivity contribution in [2.75, 3.05) is 0 Å². The summed E-state index contributed by atoms with van der Waals surface area (Å²) in [7, 11) is 0. The number of carbonyl (C=O) groups is 1. The molecule has 1 saturated carbocycles. The van der Waals surface area contributed by atoms with Crippen molar-refractivity contribution in [3.63, 3.8) is 0 Å². The molecule has 0 heterocycles. The summed E-state index contributed by atoms with van der Waals surface area (Å²) in [6.45, 7) is 0. The number of benzene rings is 3. The first-order valence-corrected chi connectivity index (χ1v) is 7.78. The van der Waals surface area contributed by atoms with Crippen molar-refractivity contribution in [1.29, 1.82) is 0 Å². The molecule has 104 valence electrons. The molecular weight excluding hydrogens is 256 g/mol. The first-order chi connectivity index (χ1) is 10.3. The molecule has 1 aliphatic rings. The number of rotatable bonds is 1. The van der Waals surface area contributed by atoms with Crippen molar-refractivity contribution in [2.24, 2.45) is 0 Å². The lowest BCUT2D eigenvalue weighted by Crippen LogP contribution is -2.17. The number of fused-ring (bicyclic) bond motifs is 2. The molecule has 3 aromatic rings. The average Bonchev–Trinajstić information content (AvgIpc) is 2.53. The molecule has 0 aliphatic heterocycles. The lowest BCUT2D eigenvalue weighted by atomic mass is 9.79. The molecule has 21 heavy (non-hydrogen) atoms. The molecule has 0 saturated heterocycles. The van der Waals surface area contributed by atoms with Gasteiger partial charge in [-0.05, 0) is 46.0 Å². The minimum Gasteiger partial charge on any atom is -0.299 e. The zero-order valence-electron chi connectivity index (χ0n) is 12.0. The minimum absolute atomic E-state index is 0.0785. The molecule has 1 heteroatoms. The Bertz CT molecular complexity index is 777. The molecule has 1 aliphatic carbocycles. The van der Waals surface area contributed by atoms with Gasteiger partial charge in [0.05, 0.1) is 0 Å². The number of hydrogen-bond acceptors (Lipinski definition) is 1. The molecule has 0 aromatic heterocycles. The van der Waals surface area contributed by atoms with Gasteiger partial charge in [0.1, 0.15) is 5.78 Å². The van der Waals surface area contributed by atoms with E-state index >= 15 is 0 Å². The van der Waals surface area contributed by atoms with E-state index in [-0.39, 0.29) is 5.92 Å². The summed E-state index contributed by atoms with van der Waals surface area (Å²) < 4.78 is 0. The third kappa shape index (κ3) is 2.04. The van der Waals surface area contributed by atoms with Gasteiger partial charge in [0.15, 0.2) is 0 Å². The van der Waals surface area contributed by atoms with Gasteiger partial charge in [0, 0.05) is 12.3 Å². The van der Waals surface area contributed by atoms with E-state index in [4.69, 9.17) is 0 Å². The van der Waals surface area contributed by atoms with E-state index in [1.165, 1.54) is 27.1 Å². The van der Waals surface area contributed by atoms with Crippen molar-refractivity contribution >= 4 is 27.3 Å². The van der Waals surface area contributed by atoms with Crippen molar-refractivity contribution < 1.29 is 4.79 Å². The molecule has 0 bridgehead atoms. The van der Waals surface area contributed by atoms with Crippen LogP contribution < -0.4 is 0 Å². The Balaban J connectivity index is 2.08. The predicted molar refractivity (Wildman–Crippen MR) is 87.7 cm³/mol. The SMILES string of the molecule is O=C1CCCCC1c1c2ccccc2cc2ccccc12. The van der Waals surface area contributed by atoms with Crippen LogP contribution in [0.1, 0.15) is 37.2 Å². The normalized spacial score (nSPS) is 19.2. The molecule has 0 amide bonds. The highest BCUT2D eigenvalue weighted by Gasteiger charge is 2.26. The van der Waals surface area contributed by atoms with Crippen molar-refractivity contribution in [3.8, 4) is 0 Å². The van der Waals surface area contributed by atoms with Crippen LogP contribution in [0.5, 0.6) is 0 Å². The summed E-state index contributed by atoms with van der Waals surface area (Å²) >= 11 is 0. The molecular formula is C20H18O. The minimum atomic E-state index is 0.0785. The summed E-state index contributed by atoms with van der Waals surface area (Å²) in [6.07, 6.45) is 3.95. The van der Waals surface area contributed by atoms with Crippen LogP contribution in [-0.4, -0.2) is 5.78 Å². The Hall–Kier alpha value is -2.15. The van der Waals surface area contributed by atoms with Gasteiger partial charge in [0.2, 0.25) is 0 Å². The molecule has 1 fully saturated rings. The van der Waals surface area contributed by atoms with E-state index in [2.05, 4.69) is 54.6 Å². The van der Waals surface area contributed by atoms with Crippen molar-refractivity contribution in [3.05, 3.63) is 60.2 Å². The molecule has 0 N–H and O–H groups in total. The third-order valence-corrected chi connectivity index (χ3v) is 4.72. The molecule has 1 atom stereocenters. The van der Waals surface area contributed by atoms with E-state index in [0.717, 1.165) is 25.7 Å². The van der Waals surface area contributed by atoms with Crippen molar-refractivity contribution in [2.45, 2.75) is 31.6 Å². The van der Waals surface area contributed by atoms with Crippen LogP contribution in [0.2, 0.25) is 0 Å². The van der Waals surface area contributed by atoms with E-state index in [0.29, 0.717) is 5.78 Å². The average molecular weight is 274 g/mol. The van der Waals surface area contributed by atoms with Crippen LogP contribution >= 0.6 is 0 Å². The van der Waals surface area contributed by atoms with Gasteiger partial charge < -0.3 is 0 Å². The van der Waals surface area contributed by atoms with Crippen molar-refractivity contribution in [1.82, 2.24) is 0 Å². The highest BCUT2D eigenvalue weighted by atomic mass is 16.1. The number of carbonyl (C=O) groups excluding carboxylic acids is 1. The lowest BCUT2D eigenvalue weighted by Gasteiger charge is -2.24. The summed E-state index contributed by atoms with van der Waals surface area (Å²) in [5.74, 6) is 0.498. The Morgan fingerprint density at radius 1 is 0.810 bits per heavy atom. The summed E-state index contributed by atoms with van der Waals surface area (Å²) in [5.41, 5.74) is 1.26. The fraction of sp³-hybridized carbons (Fsp3) is 0.250. The van der Waals surface area contributed by atoms with Gasteiger partial charge in [-0.1, -0.05) is 55.0 Å². The summed E-state index contributed by atoms with van der Waals surface area (Å²) in [6, 6.07) is 19.2. The smallest absolute Gasteiger partial charge is 0.140 e. The second-order valence-corrected chi connectivity index (χ2v) is 6.00. The highest BCUT2D eigenvalue weighted by molar-refractivity contribution is 6.06. The fourth-order valence-corrected chi connectivity index (χ4v) is 3.71. The van der Waals surface area contributed by atoms with E-state index in [9.17, 15) is 4.79 Å². The topological polar surface area (TPSA) is 17.1 Å². The maximum absolute atomic E-state index is 12.5. The first-order valence-electron chi connectivity index (χ1n) is 7.78. The second kappa shape index (κ2) is 5.00. The summed E-state index contributed by atoms with van der Waals surface area (Å²) in [4.78, 5) is 12.5. The van der Waals surface area contributed by atoms with E-state index in [1.54, 1.807) is 0 Å². The second-order valence-electron chi connectivity index (χ2n) is 6.00. The molecule has 1 nitrogen and oxygen atoms in total. The van der Waals surface area contributed by atoms with Gasteiger partial charge in [-0.3, -0.25) is 4.79 Å². The summed E-state index contributed by atoms with van der Waals surface area (Å²) in [5, 5.41) is 4.97. The Morgan fingerprint density at radius 3 is 2.05 bits per heavy atom. The van der Waals surface area contributed by atoms with E-state index < -0.39 is 0 Å². The zero-order valence-corrected chi connectivity index (χ0v) is 12.0. The van der Waals surface area contributed by atoms with Crippen LogP contribution in [0.4, 0.5) is 0 Å². The van der Waals surface area contributed by atoms with Gasteiger partial charge in [-0.15, -0.1) is 0 Å². The molecule has 0 spiro atoms. The van der Waals surface area contributed by atoms with Crippen LogP contribution in [0, 0.1) is 0 Å². The Labute approximate surface area is 124 Å².